The zero-order valence-corrected chi connectivity index (χ0v) is 11.8. The van der Waals surface area contributed by atoms with Gasteiger partial charge in [0, 0.05) is 5.56 Å². The quantitative estimate of drug-likeness (QED) is 0.831. The van der Waals surface area contributed by atoms with Gasteiger partial charge in [0.2, 0.25) is 0 Å². The van der Waals surface area contributed by atoms with Crippen LogP contribution >= 0.6 is 0 Å². The van der Waals surface area contributed by atoms with Crippen molar-refractivity contribution in [2.45, 2.75) is 19.3 Å². The molecular formula is C16H17N3O2. The van der Waals surface area contributed by atoms with Crippen LogP contribution in [-0.2, 0) is 6.42 Å². The molecule has 0 fully saturated rings. The molecule has 1 aliphatic rings. The Balaban J connectivity index is 2.14. The van der Waals surface area contributed by atoms with Crippen LogP contribution in [0.15, 0.2) is 35.4 Å². The van der Waals surface area contributed by atoms with Crippen molar-refractivity contribution in [2.24, 2.45) is 10.8 Å². The number of hydrogen-bond acceptors (Lipinski definition) is 3. The summed E-state index contributed by atoms with van der Waals surface area (Å²) in [4.78, 5) is 10.8. The molecule has 0 heterocycles. The molecule has 2 amide bonds. The van der Waals surface area contributed by atoms with E-state index in [0.717, 1.165) is 36.3 Å². The van der Waals surface area contributed by atoms with Crippen molar-refractivity contribution in [3.63, 3.8) is 0 Å². The largest absolute Gasteiger partial charge is 0.497 e. The molecule has 3 rings (SSSR count). The molecule has 0 saturated carbocycles. The van der Waals surface area contributed by atoms with E-state index in [-0.39, 0.29) is 0 Å². The molecule has 0 aliphatic heterocycles. The highest BCUT2D eigenvalue weighted by atomic mass is 16.5. The Kier molecular flexibility index (Phi) is 3.48. The first-order valence-electron chi connectivity index (χ1n) is 6.91. The molecule has 0 unspecified atom stereocenters. The fourth-order valence-electron chi connectivity index (χ4n) is 2.83. The minimum absolute atomic E-state index is 0.642. The monoisotopic (exact) mass is 283 g/mol. The Bertz CT molecular complexity index is 738. The number of nitrogens with one attached hydrogen (secondary N) is 1. The number of amides is 2. The average molecular weight is 283 g/mol. The summed E-state index contributed by atoms with van der Waals surface area (Å²) < 4.78 is 5.32. The van der Waals surface area contributed by atoms with E-state index >= 15 is 0 Å². The summed E-state index contributed by atoms with van der Waals surface area (Å²) >= 11 is 0. The maximum absolute atomic E-state index is 10.8. The molecule has 2 aromatic rings. The third-order valence-corrected chi connectivity index (χ3v) is 3.79. The number of carbonyl (C=O) groups is 1. The second-order valence-corrected chi connectivity index (χ2v) is 5.07. The molecule has 0 radical (unpaired) electrons. The van der Waals surface area contributed by atoms with Crippen molar-refractivity contribution < 1.29 is 9.53 Å². The normalized spacial score (nSPS) is 15.8. The maximum atomic E-state index is 10.8. The van der Waals surface area contributed by atoms with E-state index in [1.165, 1.54) is 16.3 Å². The molecule has 0 saturated heterocycles. The van der Waals surface area contributed by atoms with Crippen LogP contribution in [0.3, 0.4) is 0 Å². The van der Waals surface area contributed by atoms with Crippen LogP contribution in [0.4, 0.5) is 4.79 Å². The number of rotatable bonds is 2. The van der Waals surface area contributed by atoms with Gasteiger partial charge in [-0.3, -0.25) is 0 Å². The first-order chi connectivity index (χ1) is 10.2. The van der Waals surface area contributed by atoms with Gasteiger partial charge >= 0.3 is 6.03 Å². The highest BCUT2D eigenvalue weighted by Gasteiger charge is 2.18. The summed E-state index contributed by atoms with van der Waals surface area (Å²) in [6.45, 7) is 0. The zero-order chi connectivity index (χ0) is 14.8. The number of fused-ring (bicyclic) bond motifs is 3. The fourth-order valence-corrected chi connectivity index (χ4v) is 2.83. The SMILES string of the molecule is COc1ccc2ccc3c(c2c1)CCC/C3=N\NC(N)=O. The lowest BCUT2D eigenvalue weighted by Crippen LogP contribution is -2.27. The third kappa shape index (κ3) is 2.54. The molecule has 0 bridgehead atoms. The smallest absolute Gasteiger partial charge is 0.332 e. The van der Waals surface area contributed by atoms with Crippen LogP contribution in [-0.4, -0.2) is 18.9 Å². The molecule has 5 nitrogen and oxygen atoms in total. The van der Waals surface area contributed by atoms with Gasteiger partial charge in [0.25, 0.3) is 0 Å². The highest BCUT2D eigenvalue weighted by Crippen LogP contribution is 2.31. The minimum atomic E-state index is -0.642. The minimum Gasteiger partial charge on any atom is -0.497 e. The van der Waals surface area contributed by atoms with Crippen LogP contribution in [0.2, 0.25) is 0 Å². The second kappa shape index (κ2) is 5.44. The van der Waals surface area contributed by atoms with E-state index < -0.39 is 6.03 Å². The Labute approximate surface area is 122 Å². The topological polar surface area (TPSA) is 76.7 Å². The van der Waals surface area contributed by atoms with Crippen LogP contribution in [0.1, 0.15) is 24.0 Å². The highest BCUT2D eigenvalue weighted by molar-refractivity contribution is 6.07. The first-order valence-corrected chi connectivity index (χ1v) is 6.91. The molecule has 0 spiro atoms. The van der Waals surface area contributed by atoms with Crippen LogP contribution in [0, 0.1) is 0 Å². The van der Waals surface area contributed by atoms with Gasteiger partial charge in [-0.05, 0) is 47.7 Å². The summed E-state index contributed by atoms with van der Waals surface area (Å²) in [5.74, 6) is 0.843. The van der Waals surface area contributed by atoms with Crippen molar-refractivity contribution in [1.29, 1.82) is 0 Å². The Morgan fingerprint density at radius 1 is 1.29 bits per heavy atom. The third-order valence-electron chi connectivity index (χ3n) is 3.79. The zero-order valence-electron chi connectivity index (χ0n) is 11.8. The average Bonchev–Trinajstić information content (AvgIpc) is 2.51. The van der Waals surface area contributed by atoms with Crippen molar-refractivity contribution in [2.75, 3.05) is 7.11 Å². The number of benzene rings is 2. The number of carbonyl (C=O) groups excluding carboxylic acids is 1. The summed E-state index contributed by atoms with van der Waals surface area (Å²) in [7, 11) is 1.67. The maximum Gasteiger partial charge on any atom is 0.332 e. The van der Waals surface area contributed by atoms with Gasteiger partial charge in [0.05, 0.1) is 12.8 Å². The van der Waals surface area contributed by atoms with Gasteiger partial charge < -0.3 is 10.5 Å². The van der Waals surface area contributed by atoms with Crippen molar-refractivity contribution in [3.8, 4) is 5.75 Å². The van der Waals surface area contributed by atoms with Gasteiger partial charge in [-0.1, -0.05) is 18.2 Å². The number of primary amides is 1. The summed E-state index contributed by atoms with van der Waals surface area (Å²) in [5, 5.41) is 6.49. The number of urea groups is 1. The van der Waals surface area contributed by atoms with Crippen molar-refractivity contribution in [1.82, 2.24) is 5.43 Å². The van der Waals surface area contributed by atoms with Crippen LogP contribution < -0.4 is 15.9 Å². The predicted molar refractivity (Wildman–Crippen MR) is 82.7 cm³/mol. The summed E-state index contributed by atoms with van der Waals surface area (Å²) in [5.41, 5.74) is 10.6. The first kappa shape index (κ1) is 13.4. The second-order valence-electron chi connectivity index (χ2n) is 5.07. The summed E-state index contributed by atoms with van der Waals surface area (Å²) in [6.07, 6.45) is 2.83. The van der Waals surface area contributed by atoms with E-state index in [1.807, 2.05) is 6.07 Å². The number of nitrogens with two attached hydrogens (primary N) is 1. The Morgan fingerprint density at radius 2 is 2.10 bits per heavy atom. The molecule has 1 aliphatic carbocycles. The number of methoxy groups -OCH3 is 1. The Hall–Kier alpha value is -2.56. The van der Waals surface area contributed by atoms with E-state index in [2.05, 4.69) is 34.8 Å². The molecule has 0 aromatic heterocycles. The number of aryl methyl sites for hydroxylation is 1. The van der Waals surface area contributed by atoms with E-state index in [0.29, 0.717) is 0 Å². The van der Waals surface area contributed by atoms with E-state index in [1.54, 1.807) is 7.11 Å². The lowest BCUT2D eigenvalue weighted by atomic mass is 9.86. The molecule has 108 valence electrons. The molecule has 2 aromatic carbocycles. The van der Waals surface area contributed by atoms with Gasteiger partial charge in [-0.2, -0.15) is 5.10 Å². The number of hydrazone groups is 1. The van der Waals surface area contributed by atoms with Crippen molar-refractivity contribution >= 4 is 22.5 Å². The predicted octanol–water partition coefficient (Wildman–Crippen LogP) is 2.56. The van der Waals surface area contributed by atoms with Gasteiger partial charge in [-0.15, -0.1) is 0 Å². The van der Waals surface area contributed by atoms with Gasteiger partial charge in [-0.25, -0.2) is 10.2 Å². The summed E-state index contributed by atoms with van der Waals surface area (Å²) in [6, 6.07) is 9.56. The van der Waals surface area contributed by atoms with Crippen LogP contribution in [0.5, 0.6) is 5.75 Å². The number of nitrogens with zero attached hydrogens (tertiary/aromatic N) is 1. The fraction of sp³-hybridized carbons (Fsp3) is 0.250. The van der Waals surface area contributed by atoms with Crippen molar-refractivity contribution in [3.05, 3.63) is 41.5 Å². The molecule has 3 N–H and O–H groups in total. The Morgan fingerprint density at radius 3 is 2.86 bits per heavy atom. The van der Waals surface area contributed by atoms with Crippen LogP contribution in [0.25, 0.3) is 10.8 Å². The van der Waals surface area contributed by atoms with Gasteiger partial charge in [0.1, 0.15) is 5.75 Å². The molecule has 21 heavy (non-hydrogen) atoms. The lowest BCUT2D eigenvalue weighted by Gasteiger charge is -2.20. The number of ether oxygens (including phenoxy) is 1. The molecule has 5 heteroatoms. The van der Waals surface area contributed by atoms with E-state index in [9.17, 15) is 4.79 Å². The van der Waals surface area contributed by atoms with E-state index in [4.69, 9.17) is 10.5 Å². The molecular weight excluding hydrogens is 266 g/mol. The number of hydrogen-bond donors (Lipinski definition) is 2. The standard InChI is InChI=1S/C16H17N3O2/c1-21-11-7-5-10-6-8-13-12(14(10)9-11)3-2-4-15(13)18-19-16(17)20/h5-9H,2-4H2,1H3,(H3,17,19,20)/b18-15+. The van der Waals surface area contributed by atoms with Gasteiger partial charge in [0.15, 0.2) is 0 Å². The lowest BCUT2D eigenvalue weighted by molar-refractivity contribution is 0.249. The molecule has 0 atom stereocenters.